The first-order valence-electron chi connectivity index (χ1n) is 5.23. The number of hydrogen-bond acceptors (Lipinski definition) is 2. The lowest BCUT2D eigenvalue weighted by Gasteiger charge is -2.20. The van der Waals surface area contributed by atoms with Crippen molar-refractivity contribution in [3.8, 4) is 0 Å². The number of halogens is 1. The molecule has 88 valence electrons. The molecule has 1 aromatic rings. The molecule has 0 aliphatic rings. The van der Waals surface area contributed by atoms with Crippen LogP contribution in [0, 0.1) is 11.7 Å². The maximum Gasteiger partial charge on any atom is 0.255 e. The molecule has 4 heteroatoms. The minimum absolute atomic E-state index is 0.0805. The molecular weight excluding hydrogens is 207 g/mol. The van der Waals surface area contributed by atoms with E-state index in [-0.39, 0.29) is 17.2 Å². The maximum atomic E-state index is 13.2. The highest BCUT2D eigenvalue weighted by atomic mass is 19.1. The van der Waals surface area contributed by atoms with Crippen molar-refractivity contribution in [2.24, 2.45) is 5.92 Å². The van der Waals surface area contributed by atoms with Crippen molar-refractivity contribution in [1.82, 2.24) is 4.90 Å². The predicted octanol–water partition coefficient (Wildman–Crippen LogP) is 2.14. The Labute approximate surface area is 95.0 Å². The second-order valence-electron chi connectivity index (χ2n) is 4.28. The number of benzene rings is 1. The van der Waals surface area contributed by atoms with Gasteiger partial charge in [0, 0.05) is 13.6 Å². The SMILES string of the molecule is CC(C)CN(C)C(=O)c1cccc(F)c1N. The molecule has 0 saturated carbocycles. The molecule has 0 aliphatic carbocycles. The van der Waals surface area contributed by atoms with Gasteiger partial charge in [0.15, 0.2) is 0 Å². The molecule has 0 atom stereocenters. The zero-order valence-corrected chi connectivity index (χ0v) is 9.83. The summed E-state index contributed by atoms with van der Waals surface area (Å²) in [6.07, 6.45) is 0. The van der Waals surface area contributed by atoms with E-state index in [0.717, 1.165) is 0 Å². The molecule has 0 radical (unpaired) electrons. The molecular formula is C12H17FN2O. The third-order valence-corrected chi connectivity index (χ3v) is 2.27. The number of nitrogens with two attached hydrogens (primary N) is 1. The van der Waals surface area contributed by atoms with Crippen LogP contribution >= 0.6 is 0 Å². The molecule has 2 N–H and O–H groups in total. The Kier molecular flexibility index (Phi) is 3.88. The molecule has 0 aromatic heterocycles. The van der Waals surface area contributed by atoms with E-state index in [2.05, 4.69) is 0 Å². The zero-order valence-electron chi connectivity index (χ0n) is 9.83. The van der Waals surface area contributed by atoms with Gasteiger partial charge in [-0.25, -0.2) is 4.39 Å². The molecule has 1 rings (SSSR count). The van der Waals surface area contributed by atoms with Crippen molar-refractivity contribution in [2.75, 3.05) is 19.3 Å². The Morgan fingerprint density at radius 1 is 1.50 bits per heavy atom. The van der Waals surface area contributed by atoms with E-state index in [0.29, 0.717) is 12.5 Å². The second-order valence-corrected chi connectivity index (χ2v) is 4.28. The highest BCUT2D eigenvalue weighted by Gasteiger charge is 2.17. The van der Waals surface area contributed by atoms with Crippen molar-refractivity contribution in [3.63, 3.8) is 0 Å². The van der Waals surface area contributed by atoms with Gasteiger partial charge in [-0.3, -0.25) is 4.79 Å². The van der Waals surface area contributed by atoms with Gasteiger partial charge in [-0.05, 0) is 18.1 Å². The summed E-state index contributed by atoms with van der Waals surface area (Å²) >= 11 is 0. The van der Waals surface area contributed by atoms with Crippen LogP contribution in [0.1, 0.15) is 24.2 Å². The number of nitrogens with zero attached hydrogens (tertiary/aromatic N) is 1. The average Bonchev–Trinajstić information content (AvgIpc) is 2.20. The molecule has 0 fully saturated rings. The number of para-hydroxylation sites is 1. The number of anilines is 1. The first-order valence-corrected chi connectivity index (χ1v) is 5.23. The molecule has 0 saturated heterocycles. The van der Waals surface area contributed by atoms with Crippen LogP contribution in [0.4, 0.5) is 10.1 Å². The first-order chi connectivity index (χ1) is 7.43. The fourth-order valence-corrected chi connectivity index (χ4v) is 1.56. The lowest BCUT2D eigenvalue weighted by Crippen LogP contribution is -2.30. The normalized spacial score (nSPS) is 10.6. The molecule has 1 aromatic carbocycles. The van der Waals surface area contributed by atoms with E-state index in [9.17, 15) is 9.18 Å². The van der Waals surface area contributed by atoms with Crippen LogP contribution in [-0.2, 0) is 0 Å². The molecule has 16 heavy (non-hydrogen) atoms. The minimum Gasteiger partial charge on any atom is -0.396 e. The molecule has 3 nitrogen and oxygen atoms in total. The summed E-state index contributed by atoms with van der Waals surface area (Å²) in [5.74, 6) is -0.432. The smallest absolute Gasteiger partial charge is 0.255 e. The highest BCUT2D eigenvalue weighted by molar-refractivity contribution is 5.99. The fourth-order valence-electron chi connectivity index (χ4n) is 1.56. The van der Waals surface area contributed by atoms with Gasteiger partial charge in [0.25, 0.3) is 5.91 Å². The van der Waals surface area contributed by atoms with E-state index < -0.39 is 5.82 Å². The van der Waals surface area contributed by atoms with Gasteiger partial charge in [0.1, 0.15) is 5.82 Å². The van der Waals surface area contributed by atoms with Crippen LogP contribution in [0.15, 0.2) is 18.2 Å². The van der Waals surface area contributed by atoms with Crippen molar-refractivity contribution < 1.29 is 9.18 Å². The van der Waals surface area contributed by atoms with Gasteiger partial charge in [0.2, 0.25) is 0 Å². The monoisotopic (exact) mass is 224 g/mol. The summed E-state index contributed by atoms with van der Waals surface area (Å²) in [6, 6.07) is 4.27. The predicted molar refractivity (Wildman–Crippen MR) is 62.6 cm³/mol. The van der Waals surface area contributed by atoms with Gasteiger partial charge in [0.05, 0.1) is 11.3 Å². The van der Waals surface area contributed by atoms with E-state index >= 15 is 0 Å². The van der Waals surface area contributed by atoms with Gasteiger partial charge in [-0.15, -0.1) is 0 Å². The van der Waals surface area contributed by atoms with E-state index in [1.54, 1.807) is 11.9 Å². The topological polar surface area (TPSA) is 46.3 Å². The summed E-state index contributed by atoms with van der Waals surface area (Å²) in [7, 11) is 1.69. The lowest BCUT2D eigenvalue weighted by molar-refractivity contribution is 0.0780. The van der Waals surface area contributed by atoms with Gasteiger partial charge < -0.3 is 10.6 Å². The minimum atomic E-state index is -0.552. The lowest BCUT2D eigenvalue weighted by atomic mass is 10.1. The Balaban J connectivity index is 2.92. The quantitative estimate of drug-likeness (QED) is 0.799. The van der Waals surface area contributed by atoms with Crippen LogP contribution in [0.3, 0.4) is 0 Å². The number of hydrogen-bond donors (Lipinski definition) is 1. The molecule has 0 spiro atoms. The van der Waals surface area contributed by atoms with Gasteiger partial charge in [-0.2, -0.15) is 0 Å². The molecule has 0 aliphatic heterocycles. The summed E-state index contributed by atoms with van der Waals surface area (Å²) in [6.45, 7) is 4.65. The summed E-state index contributed by atoms with van der Waals surface area (Å²) in [5, 5.41) is 0. The second kappa shape index (κ2) is 4.96. The van der Waals surface area contributed by atoms with Gasteiger partial charge in [-0.1, -0.05) is 19.9 Å². The Morgan fingerprint density at radius 3 is 2.69 bits per heavy atom. The Bertz CT molecular complexity index is 391. The number of amides is 1. The van der Waals surface area contributed by atoms with E-state index in [1.807, 2.05) is 13.8 Å². The van der Waals surface area contributed by atoms with Crippen LogP contribution in [-0.4, -0.2) is 24.4 Å². The van der Waals surface area contributed by atoms with Crippen LogP contribution in [0.25, 0.3) is 0 Å². The average molecular weight is 224 g/mol. The fraction of sp³-hybridized carbons (Fsp3) is 0.417. The van der Waals surface area contributed by atoms with Crippen LogP contribution in [0.2, 0.25) is 0 Å². The first kappa shape index (κ1) is 12.5. The van der Waals surface area contributed by atoms with Crippen molar-refractivity contribution in [1.29, 1.82) is 0 Å². The number of nitrogen functional groups attached to an aromatic ring is 1. The molecule has 0 unspecified atom stereocenters. The molecule has 1 amide bonds. The Hall–Kier alpha value is -1.58. The number of rotatable bonds is 3. The van der Waals surface area contributed by atoms with Crippen molar-refractivity contribution >= 4 is 11.6 Å². The third kappa shape index (κ3) is 2.72. The summed E-state index contributed by atoms with van der Waals surface area (Å²) < 4.78 is 13.2. The summed E-state index contributed by atoms with van der Waals surface area (Å²) in [4.78, 5) is 13.5. The largest absolute Gasteiger partial charge is 0.396 e. The van der Waals surface area contributed by atoms with Crippen molar-refractivity contribution in [2.45, 2.75) is 13.8 Å². The standard InChI is InChI=1S/C12H17FN2O/c1-8(2)7-15(3)12(16)9-5-4-6-10(13)11(9)14/h4-6,8H,7,14H2,1-3H3. The number of carbonyl (C=O) groups is 1. The Morgan fingerprint density at radius 2 is 2.12 bits per heavy atom. The molecule has 0 bridgehead atoms. The zero-order chi connectivity index (χ0) is 12.3. The maximum absolute atomic E-state index is 13.2. The highest BCUT2D eigenvalue weighted by Crippen LogP contribution is 2.17. The van der Waals surface area contributed by atoms with E-state index in [4.69, 9.17) is 5.73 Å². The number of carbonyl (C=O) groups excluding carboxylic acids is 1. The van der Waals surface area contributed by atoms with Crippen LogP contribution < -0.4 is 5.73 Å². The molecule has 0 heterocycles. The summed E-state index contributed by atoms with van der Waals surface area (Å²) in [5.41, 5.74) is 5.67. The van der Waals surface area contributed by atoms with Crippen molar-refractivity contribution in [3.05, 3.63) is 29.6 Å². The van der Waals surface area contributed by atoms with Gasteiger partial charge >= 0.3 is 0 Å². The van der Waals surface area contributed by atoms with Crippen LogP contribution in [0.5, 0.6) is 0 Å². The van der Waals surface area contributed by atoms with E-state index in [1.165, 1.54) is 18.2 Å². The third-order valence-electron chi connectivity index (χ3n) is 2.27.